The van der Waals surface area contributed by atoms with Crippen LogP contribution in [0.5, 0.6) is 0 Å². The molecule has 1 aromatic heterocycles. The maximum atomic E-state index is 11.7. The molecule has 2 N–H and O–H groups in total. The highest BCUT2D eigenvalue weighted by molar-refractivity contribution is 7.84. The maximum Gasteiger partial charge on any atom is 0.239 e. The van der Waals surface area contributed by atoms with Gasteiger partial charge in [-0.3, -0.25) is 4.21 Å². The molecule has 0 bridgehead atoms. The van der Waals surface area contributed by atoms with Crippen LogP contribution in [0.4, 0.5) is 0 Å². The number of hydrogen-bond acceptors (Lipinski definition) is 5. The summed E-state index contributed by atoms with van der Waals surface area (Å²) in [6, 6.07) is 0. The van der Waals surface area contributed by atoms with Crippen molar-refractivity contribution in [3.8, 4) is 0 Å². The van der Waals surface area contributed by atoms with Crippen LogP contribution < -0.4 is 5.73 Å². The van der Waals surface area contributed by atoms with Crippen LogP contribution in [-0.2, 0) is 22.1 Å². The highest BCUT2D eigenvalue weighted by Gasteiger charge is 2.22. The second kappa shape index (κ2) is 5.73. The zero-order chi connectivity index (χ0) is 13.1. The topological polar surface area (TPSA) is 82.0 Å². The van der Waals surface area contributed by atoms with Gasteiger partial charge in [-0.2, -0.15) is 4.98 Å². The first kappa shape index (κ1) is 14.3. The second-order valence-corrected chi connectivity index (χ2v) is 6.78. The summed E-state index contributed by atoms with van der Waals surface area (Å²) in [6.07, 6.45) is 0.940. The predicted octanol–water partition coefficient (Wildman–Crippen LogP) is 1.56. The SMILES string of the molecule is CC(C)CCS(=O)Cc1nc(C(C)(C)N)no1. The molecule has 17 heavy (non-hydrogen) atoms. The van der Waals surface area contributed by atoms with Gasteiger partial charge in [0.1, 0.15) is 5.75 Å². The van der Waals surface area contributed by atoms with E-state index in [-0.39, 0.29) is 0 Å². The van der Waals surface area contributed by atoms with Crippen molar-refractivity contribution in [2.45, 2.75) is 45.4 Å². The van der Waals surface area contributed by atoms with Crippen molar-refractivity contribution in [3.63, 3.8) is 0 Å². The van der Waals surface area contributed by atoms with Crippen molar-refractivity contribution >= 4 is 10.8 Å². The minimum atomic E-state index is -0.942. The normalized spacial score (nSPS) is 14.2. The molecule has 0 spiro atoms. The highest BCUT2D eigenvalue weighted by Crippen LogP contribution is 2.13. The highest BCUT2D eigenvalue weighted by atomic mass is 32.2. The Kier molecular flexibility index (Phi) is 4.82. The molecule has 5 nitrogen and oxygen atoms in total. The first-order valence-corrected chi connectivity index (χ1v) is 7.24. The molecule has 0 radical (unpaired) electrons. The lowest BCUT2D eigenvalue weighted by Crippen LogP contribution is -2.30. The van der Waals surface area contributed by atoms with Crippen molar-refractivity contribution in [1.82, 2.24) is 10.1 Å². The quantitative estimate of drug-likeness (QED) is 0.838. The van der Waals surface area contributed by atoms with Gasteiger partial charge in [-0.05, 0) is 26.2 Å². The number of hydrogen-bond donors (Lipinski definition) is 1. The van der Waals surface area contributed by atoms with Gasteiger partial charge in [-0.1, -0.05) is 19.0 Å². The van der Waals surface area contributed by atoms with Crippen molar-refractivity contribution in [2.75, 3.05) is 5.75 Å². The Bertz CT molecular complexity index is 382. The summed E-state index contributed by atoms with van der Waals surface area (Å²) < 4.78 is 16.8. The van der Waals surface area contributed by atoms with E-state index in [2.05, 4.69) is 24.0 Å². The molecule has 0 aliphatic carbocycles. The van der Waals surface area contributed by atoms with Gasteiger partial charge in [-0.25, -0.2) is 0 Å². The minimum Gasteiger partial charge on any atom is -0.338 e. The summed E-state index contributed by atoms with van der Waals surface area (Å²) in [4.78, 5) is 4.15. The molecule has 0 aliphatic heterocycles. The van der Waals surface area contributed by atoms with Crippen LogP contribution in [0.3, 0.4) is 0 Å². The van der Waals surface area contributed by atoms with E-state index in [0.717, 1.165) is 6.42 Å². The smallest absolute Gasteiger partial charge is 0.239 e. The molecule has 0 saturated heterocycles. The zero-order valence-electron chi connectivity index (χ0n) is 10.9. The Morgan fingerprint density at radius 1 is 1.47 bits per heavy atom. The monoisotopic (exact) mass is 259 g/mol. The van der Waals surface area contributed by atoms with E-state index < -0.39 is 16.3 Å². The lowest BCUT2D eigenvalue weighted by Gasteiger charge is -2.11. The molecule has 0 amide bonds. The van der Waals surface area contributed by atoms with E-state index >= 15 is 0 Å². The minimum absolute atomic E-state index is 0.315. The molecular formula is C11H21N3O2S. The van der Waals surface area contributed by atoms with Crippen LogP contribution in [0.25, 0.3) is 0 Å². The third-order valence-electron chi connectivity index (χ3n) is 2.25. The summed E-state index contributed by atoms with van der Waals surface area (Å²) in [5, 5.41) is 3.79. The molecule has 1 aromatic rings. The van der Waals surface area contributed by atoms with Crippen LogP contribution >= 0.6 is 0 Å². The molecule has 0 aromatic carbocycles. The largest absolute Gasteiger partial charge is 0.338 e. The van der Waals surface area contributed by atoms with E-state index in [1.54, 1.807) is 13.8 Å². The number of nitrogens with zero attached hydrogens (tertiary/aromatic N) is 2. The lowest BCUT2D eigenvalue weighted by atomic mass is 10.1. The van der Waals surface area contributed by atoms with Crippen LogP contribution in [-0.4, -0.2) is 20.1 Å². The van der Waals surface area contributed by atoms with E-state index in [4.69, 9.17) is 10.3 Å². The Morgan fingerprint density at radius 2 is 2.12 bits per heavy atom. The van der Waals surface area contributed by atoms with E-state index in [9.17, 15) is 4.21 Å². The summed E-state index contributed by atoms with van der Waals surface area (Å²) in [5.74, 6) is 2.39. The second-order valence-electron chi connectivity index (χ2n) is 5.20. The molecule has 0 fully saturated rings. The molecule has 0 saturated carbocycles. The van der Waals surface area contributed by atoms with Gasteiger partial charge in [0, 0.05) is 16.6 Å². The average molecular weight is 259 g/mol. The summed E-state index contributed by atoms with van der Waals surface area (Å²) in [7, 11) is -0.942. The van der Waals surface area contributed by atoms with Crippen LogP contribution in [0.15, 0.2) is 4.52 Å². The Morgan fingerprint density at radius 3 is 2.59 bits per heavy atom. The predicted molar refractivity (Wildman–Crippen MR) is 67.7 cm³/mol. The molecule has 6 heteroatoms. The third kappa shape index (κ3) is 4.95. The fraction of sp³-hybridized carbons (Fsp3) is 0.818. The summed E-state index contributed by atoms with van der Waals surface area (Å²) >= 11 is 0. The first-order chi connectivity index (χ1) is 7.79. The van der Waals surface area contributed by atoms with Crippen LogP contribution in [0.2, 0.25) is 0 Å². The number of rotatable bonds is 6. The molecule has 1 rings (SSSR count). The summed E-state index contributed by atoms with van der Waals surface area (Å²) in [5.41, 5.74) is 5.21. The standard InChI is InChI=1S/C11H21N3O2S/c1-8(2)5-6-17(15)7-9-13-10(14-16-9)11(3,4)12/h8H,5-7,12H2,1-4H3. The van der Waals surface area contributed by atoms with Gasteiger partial charge in [-0.15, -0.1) is 0 Å². The lowest BCUT2D eigenvalue weighted by molar-refractivity contribution is 0.369. The third-order valence-corrected chi connectivity index (χ3v) is 3.51. The first-order valence-electron chi connectivity index (χ1n) is 5.76. The molecule has 0 aliphatic rings. The van der Waals surface area contributed by atoms with Crippen molar-refractivity contribution in [2.24, 2.45) is 11.7 Å². The molecule has 1 heterocycles. The average Bonchev–Trinajstić information content (AvgIpc) is 2.62. The van der Waals surface area contributed by atoms with Gasteiger partial charge in [0.2, 0.25) is 5.89 Å². The number of aromatic nitrogens is 2. The molecule has 98 valence electrons. The molecule has 1 unspecified atom stereocenters. The van der Waals surface area contributed by atoms with Gasteiger partial charge < -0.3 is 10.3 Å². The van der Waals surface area contributed by atoms with Crippen LogP contribution in [0.1, 0.15) is 45.8 Å². The van der Waals surface area contributed by atoms with Crippen LogP contribution in [0, 0.1) is 5.92 Å². The molecular weight excluding hydrogens is 238 g/mol. The summed E-state index contributed by atoms with van der Waals surface area (Å²) in [6.45, 7) is 7.83. The zero-order valence-corrected chi connectivity index (χ0v) is 11.7. The van der Waals surface area contributed by atoms with E-state index in [1.165, 1.54) is 0 Å². The number of nitrogens with two attached hydrogens (primary N) is 1. The van der Waals surface area contributed by atoms with Crippen molar-refractivity contribution < 1.29 is 8.73 Å². The van der Waals surface area contributed by atoms with Gasteiger partial charge in [0.15, 0.2) is 5.82 Å². The Labute approximate surface area is 105 Å². The van der Waals surface area contributed by atoms with Crippen molar-refractivity contribution in [3.05, 3.63) is 11.7 Å². The van der Waals surface area contributed by atoms with Crippen molar-refractivity contribution in [1.29, 1.82) is 0 Å². The van der Waals surface area contributed by atoms with Gasteiger partial charge in [0.05, 0.1) is 5.54 Å². The fourth-order valence-corrected chi connectivity index (χ4v) is 2.42. The van der Waals surface area contributed by atoms with Gasteiger partial charge in [0.25, 0.3) is 0 Å². The van der Waals surface area contributed by atoms with E-state index in [1.807, 2.05) is 0 Å². The molecule has 1 atom stereocenters. The Balaban J connectivity index is 2.52. The maximum absolute atomic E-state index is 11.7. The van der Waals surface area contributed by atoms with Gasteiger partial charge >= 0.3 is 0 Å². The van der Waals surface area contributed by atoms with E-state index in [0.29, 0.717) is 29.1 Å². The fourth-order valence-electron chi connectivity index (χ4n) is 1.15. The Hall–Kier alpha value is -0.750.